The second-order valence-electron chi connectivity index (χ2n) is 4.98. The van der Waals surface area contributed by atoms with Crippen molar-refractivity contribution in [2.75, 3.05) is 13.7 Å². The van der Waals surface area contributed by atoms with Crippen molar-refractivity contribution >= 4 is 5.97 Å². The van der Waals surface area contributed by atoms with Crippen molar-refractivity contribution in [2.24, 2.45) is 0 Å². The highest BCUT2D eigenvalue weighted by Gasteiger charge is 2.23. The molecule has 1 heterocycles. The Kier molecular flexibility index (Phi) is 4.56. The van der Waals surface area contributed by atoms with Gasteiger partial charge >= 0.3 is 5.97 Å². The van der Waals surface area contributed by atoms with E-state index in [9.17, 15) is 4.79 Å². The van der Waals surface area contributed by atoms with Gasteiger partial charge in [0.25, 0.3) is 0 Å². The first-order valence-corrected chi connectivity index (χ1v) is 7.57. The smallest absolute Gasteiger partial charge is 0.361 e. The lowest BCUT2D eigenvalue weighted by molar-refractivity contribution is 0.0520. The van der Waals surface area contributed by atoms with Crippen LogP contribution in [0.15, 0.2) is 54.6 Å². The molecule has 0 spiro atoms. The average molecular weight is 323 g/mol. The monoisotopic (exact) mass is 323 g/mol. The molecule has 3 rings (SSSR count). The van der Waals surface area contributed by atoms with Gasteiger partial charge in [-0.05, 0) is 31.2 Å². The lowest BCUT2D eigenvalue weighted by atomic mass is 10.1. The van der Waals surface area contributed by atoms with Crippen molar-refractivity contribution in [3.8, 4) is 22.7 Å². The van der Waals surface area contributed by atoms with Crippen molar-refractivity contribution in [1.29, 1.82) is 0 Å². The summed E-state index contributed by atoms with van der Waals surface area (Å²) in [7, 11) is 1.61. The Balaban J connectivity index is 2.13. The zero-order valence-electron chi connectivity index (χ0n) is 13.5. The van der Waals surface area contributed by atoms with Crippen LogP contribution in [-0.4, -0.2) is 34.7 Å². The molecular formula is C18H17N3O3. The van der Waals surface area contributed by atoms with Crippen LogP contribution in [0.4, 0.5) is 0 Å². The molecule has 2 aromatic carbocycles. The highest BCUT2D eigenvalue weighted by atomic mass is 16.5. The number of hydrogen-bond donors (Lipinski definition) is 0. The Morgan fingerprint density at radius 2 is 1.79 bits per heavy atom. The number of esters is 1. The van der Waals surface area contributed by atoms with Gasteiger partial charge in [0.2, 0.25) is 0 Å². The van der Waals surface area contributed by atoms with Crippen LogP contribution >= 0.6 is 0 Å². The number of carbonyl (C=O) groups excluding carboxylic acids is 1. The number of methoxy groups -OCH3 is 1. The SMILES string of the molecule is CCOC(=O)c1nnn(-c2ccc(OC)cc2)c1-c1ccccc1. The van der Waals surface area contributed by atoms with Crippen LogP contribution in [0.3, 0.4) is 0 Å². The van der Waals surface area contributed by atoms with Crippen molar-refractivity contribution in [3.63, 3.8) is 0 Å². The summed E-state index contributed by atoms with van der Waals surface area (Å²) < 4.78 is 11.9. The van der Waals surface area contributed by atoms with Crippen LogP contribution in [0.1, 0.15) is 17.4 Å². The van der Waals surface area contributed by atoms with Gasteiger partial charge in [-0.3, -0.25) is 0 Å². The molecule has 0 aliphatic carbocycles. The summed E-state index contributed by atoms with van der Waals surface area (Å²) in [4.78, 5) is 12.2. The van der Waals surface area contributed by atoms with Gasteiger partial charge in [0.05, 0.1) is 19.4 Å². The molecule has 6 heteroatoms. The number of hydrogen-bond acceptors (Lipinski definition) is 5. The molecule has 0 radical (unpaired) electrons. The number of benzene rings is 2. The molecule has 0 bridgehead atoms. The van der Waals surface area contributed by atoms with E-state index < -0.39 is 5.97 Å². The fourth-order valence-corrected chi connectivity index (χ4v) is 2.38. The molecule has 122 valence electrons. The van der Waals surface area contributed by atoms with Crippen LogP contribution in [0.2, 0.25) is 0 Å². The summed E-state index contributed by atoms with van der Waals surface area (Å²) in [6.45, 7) is 2.04. The third-order valence-corrected chi connectivity index (χ3v) is 3.50. The molecule has 0 aliphatic rings. The zero-order chi connectivity index (χ0) is 16.9. The molecule has 0 saturated carbocycles. The van der Waals surface area contributed by atoms with Crippen LogP contribution in [0.5, 0.6) is 5.75 Å². The number of nitrogens with zero attached hydrogens (tertiary/aromatic N) is 3. The summed E-state index contributed by atoms with van der Waals surface area (Å²) in [6.07, 6.45) is 0. The maximum Gasteiger partial charge on any atom is 0.361 e. The van der Waals surface area contributed by atoms with E-state index in [1.165, 1.54) is 0 Å². The van der Waals surface area contributed by atoms with E-state index in [0.29, 0.717) is 5.69 Å². The molecule has 1 aromatic heterocycles. The molecular weight excluding hydrogens is 306 g/mol. The quantitative estimate of drug-likeness (QED) is 0.675. The van der Waals surface area contributed by atoms with E-state index in [2.05, 4.69) is 10.3 Å². The summed E-state index contributed by atoms with van der Waals surface area (Å²) in [5.74, 6) is 0.252. The molecule has 0 aliphatic heterocycles. The lowest BCUT2D eigenvalue weighted by Crippen LogP contribution is -2.08. The Hall–Kier alpha value is -3.15. The largest absolute Gasteiger partial charge is 0.497 e. The van der Waals surface area contributed by atoms with Gasteiger partial charge in [-0.1, -0.05) is 35.5 Å². The minimum absolute atomic E-state index is 0.193. The van der Waals surface area contributed by atoms with Crippen LogP contribution in [-0.2, 0) is 4.74 Å². The van der Waals surface area contributed by atoms with Crippen molar-refractivity contribution in [2.45, 2.75) is 6.92 Å². The first-order valence-electron chi connectivity index (χ1n) is 7.57. The summed E-state index contributed by atoms with van der Waals surface area (Å²) >= 11 is 0. The molecule has 0 amide bonds. The van der Waals surface area contributed by atoms with Gasteiger partial charge < -0.3 is 9.47 Å². The van der Waals surface area contributed by atoms with E-state index in [0.717, 1.165) is 17.0 Å². The first-order chi connectivity index (χ1) is 11.7. The van der Waals surface area contributed by atoms with E-state index in [1.54, 1.807) is 18.7 Å². The third kappa shape index (κ3) is 2.99. The second-order valence-corrected chi connectivity index (χ2v) is 4.98. The summed E-state index contributed by atoms with van der Waals surface area (Å²) in [5, 5.41) is 8.18. The summed E-state index contributed by atoms with van der Waals surface area (Å²) in [5.41, 5.74) is 2.40. The van der Waals surface area contributed by atoms with Gasteiger partial charge in [-0.15, -0.1) is 5.10 Å². The molecule has 0 N–H and O–H groups in total. The van der Waals surface area contributed by atoms with Gasteiger partial charge in [0.1, 0.15) is 11.4 Å². The minimum Gasteiger partial charge on any atom is -0.497 e. The van der Waals surface area contributed by atoms with Gasteiger partial charge in [0.15, 0.2) is 5.69 Å². The number of carbonyl (C=O) groups is 1. The predicted octanol–water partition coefficient (Wildman–Crippen LogP) is 3.12. The molecule has 6 nitrogen and oxygen atoms in total. The Labute approximate surface area is 139 Å². The van der Waals surface area contributed by atoms with Gasteiger partial charge in [-0.25, -0.2) is 9.48 Å². The van der Waals surface area contributed by atoms with E-state index in [1.807, 2.05) is 54.6 Å². The van der Waals surface area contributed by atoms with Gasteiger partial charge in [-0.2, -0.15) is 0 Å². The number of aromatic nitrogens is 3. The highest BCUT2D eigenvalue weighted by molar-refractivity contribution is 5.94. The fraction of sp³-hybridized carbons (Fsp3) is 0.167. The lowest BCUT2D eigenvalue weighted by Gasteiger charge is -2.09. The first kappa shape index (κ1) is 15.7. The highest BCUT2D eigenvalue weighted by Crippen LogP contribution is 2.26. The molecule has 0 unspecified atom stereocenters. The zero-order valence-corrected chi connectivity index (χ0v) is 13.5. The third-order valence-electron chi connectivity index (χ3n) is 3.50. The molecule has 3 aromatic rings. The van der Waals surface area contributed by atoms with E-state index >= 15 is 0 Å². The van der Waals surface area contributed by atoms with E-state index in [-0.39, 0.29) is 12.3 Å². The standard InChI is InChI=1S/C18H17N3O3/c1-3-24-18(22)16-17(13-7-5-4-6-8-13)21(20-19-16)14-9-11-15(23-2)12-10-14/h4-12H,3H2,1-2H3. The average Bonchev–Trinajstić information content (AvgIpc) is 3.08. The predicted molar refractivity (Wildman–Crippen MR) is 89.3 cm³/mol. The maximum atomic E-state index is 12.2. The Bertz CT molecular complexity index is 826. The normalized spacial score (nSPS) is 10.4. The van der Waals surface area contributed by atoms with Crippen LogP contribution in [0, 0.1) is 0 Å². The summed E-state index contributed by atoms with van der Waals surface area (Å²) in [6, 6.07) is 16.9. The molecule has 24 heavy (non-hydrogen) atoms. The topological polar surface area (TPSA) is 66.2 Å². The number of ether oxygens (including phenoxy) is 2. The Morgan fingerprint density at radius 3 is 2.42 bits per heavy atom. The second kappa shape index (κ2) is 6.95. The molecule has 0 atom stereocenters. The van der Waals surface area contributed by atoms with Crippen molar-refractivity contribution in [1.82, 2.24) is 15.0 Å². The Morgan fingerprint density at radius 1 is 1.08 bits per heavy atom. The molecule has 0 fully saturated rings. The van der Waals surface area contributed by atoms with Crippen LogP contribution in [0.25, 0.3) is 16.9 Å². The maximum absolute atomic E-state index is 12.2. The van der Waals surface area contributed by atoms with Crippen molar-refractivity contribution in [3.05, 3.63) is 60.3 Å². The minimum atomic E-state index is -0.490. The van der Waals surface area contributed by atoms with Crippen LogP contribution < -0.4 is 4.74 Å². The fourth-order valence-electron chi connectivity index (χ4n) is 2.38. The molecule has 0 saturated heterocycles. The van der Waals surface area contributed by atoms with Gasteiger partial charge in [0, 0.05) is 5.56 Å². The van der Waals surface area contributed by atoms with E-state index in [4.69, 9.17) is 9.47 Å². The van der Waals surface area contributed by atoms with Crippen molar-refractivity contribution < 1.29 is 14.3 Å². The number of rotatable bonds is 5.